The topological polar surface area (TPSA) is 47.9 Å². The molecule has 1 aromatic carbocycles. The van der Waals surface area contributed by atoms with Crippen LogP contribution in [0.1, 0.15) is 5.56 Å². The van der Waals surface area contributed by atoms with Crippen molar-refractivity contribution in [3.63, 3.8) is 0 Å². The molecular formula is C10H10FNO3. The summed E-state index contributed by atoms with van der Waals surface area (Å²) in [7, 11) is 2.84. The molecule has 0 saturated carbocycles. The summed E-state index contributed by atoms with van der Waals surface area (Å²) >= 11 is 0. The molecule has 15 heavy (non-hydrogen) atoms. The van der Waals surface area contributed by atoms with Crippen LogP contribution in [0.25, 0.3) is 0 Å². The van der Waals surface area contributed by atoms with Crippen molar-refractivity contribution in [1.82, 2.24) is 0 Å². The lowest BCUT2D eigenvalue weighted by molar-refractivity contribution is 0.348. The fraction of sp³-hybridized carbons (Fsp3) is 0.300. The van der Waals surface area contributed by atoms with Crippen molar-refractivity contribution in [2.45, 2.75) is 6.54 Å². The van der Waals surface area contributed by atoms with Crippen molar-refractivity contribution in [3.8, 4) is 11.5 Å². The van der Waals surface area contributed by atoms with Gasteiger partial charge in [0.15, 0.2) is 11.5 Å². The van der Waals surface area contributed by atoms with Crippen molar-refractivity contribution in [2.24, 2.45) is 4.99 Å². The minimum atomic E-state index is -0.494. The van der Waals surface area contributed by atoms with E-state index in [9.17, 15) is 9.18 Å². The third kappa shape index (κ3) is 2.33. The van der Waals surface area contributed by atoms with Crippen molar-refractivity contribution >= 4 is 6.08 Å². The molecular weight excluding hydrogens is 201 g/mol. The molecule has 0 heterocycles. The van der Waals surface area contributed by atoms with Gasteiger partial charge in [-0.3, -0.25) is 0 Å². The van der Waals surface area contributed by atoms with Crippen molar-refractivity contribution in [1.29, 1.82) is 0 Å². The van der Waals surface area contributed by atoms with Gasteiger partial charge in [0.1, 0.15) is 5.82 Å². The SMILES string of the molecule is COc1ccc(F)c(CN=C=O)c1OC. The molecule has 0 amide bonds. The number of nitrogens with zero attached hydrogens (tertiary/aromatic N) is 1. The third-order valence-corrected chi connectivity index (χ3v) is 1.89. The van der Waals surface area contributed by atoms with Gasteiger partial charge in [0.2, 0.25) is 6.08 Å². The summed E-state index contributed by atoms with van der Waals surface area (Å²) in [5.41, 5.74) is 0.181. The molecule has 4 nitrogen and oxygen atoms in total. The van der Waals surface area contributed by atoms with Gasteiger partial charge in [-0.15, -0.1) is 0 Å². The first-order chi connectivity index (χ1) is 7.24. The van der Waals surface area contributed by atoms with E-state index in [1.54, 1.807) is 0 Å². The summed E-state index contributed by atoms with van der Waals surface area (Å²) in [6.07, 6.45) is 1.34. The first-order valence-electron chi connectivity index (χ1n) is 4.17. The number of halogens is 1. The summed E-state index contributed by atoms with van der Waals surface area (Å²) in [5, 5.41) is 0. The van der Waals surface area contributed by atoms with E-state index >= 15 is 0 Å². The minimum absolute atomic E-state index is 0.115. The van der Waals surface area contributed by atoms with Crippen molar-refractivity contribution < 1.29 is 18.7 Å². The molecule has 0 aliphatic rings. The second kappa shape index (κ2) is 5.12. The normalized spacial score (nSPS) is 9.27. The molecule has 5 heteroatoms. The number of hydrogen-bond acceptors (Lipinski definition) is 4. The Kier molecular flexibility index (Phi) is 3.83. The van der Waals surface area contributed by atoms with E-state index in [1.165, 1.54) is 32.4 Å². The van der Waals surface area contributed by atoms with Crippen LogP contribution < -0.4 is 9.47 Å². The zero-order chi connectivity index (χ0) is 11.3. The third-order valence-electron chi connectivity index (χ3n) is 1.89. The van der Waals surface area contributed by atoms with Crippen LogP contribution in [0, 0.1) is 5.82 Å². The van der Waals surface area contributed by atoms with Crippen LogP contribution in [0.3, 0.4) is 0 Å². The molecule has 80 valence electrons. The van der Waals surface area contributed by atoms with Crippen LogP contribution in [0.15, 0.2) is 17.1 Å². The molecule has 0 fully saturated rings. The fourth-order valence-corrected chi connectivity index (χ4v) is 1.23. The van der Waals surface area contributed by atoms with E-state index in [2.05, 4.69) is 4.99 Å². The number of benzene rings is 1. The molecule has 1 rings (SSSR count). The van der Waals surface area contributed by atoms with Crippen LogP contribution in [-0.4, -0.2) is 20.3 Å². The van der Waals surface area contributed by atoms with Gasteiger partial charge in [-0.2, -0.15) is 0 Å². The van der Waals surface area contributed by atoms with Crippen molar-refractivity contribution in [3.05, 3.63) is 23.5 Å². The molecule has 0 aliphatic carbocycles. The zero-order valence-corrected chi connectivity index (χ0v) is 8.41. The highest BCUT2D eigenvalue weighted by atomic mass is 19.1. The number of methoxy groups -OCH3 is 2. The highest BCUT2D eigenvalue weighted by Crippen LogP contribution is 2.33. The Labute approximate surface area is 86.3 Å². The minimum Gasteiger partial charge on any atom is -0.493 e. The summed E-state index contributed by atoms with van der Waals surface area (Å²) in [4.78, 5) is 13.3. The average Bonchev–Trinajstić information content (AvgIpc) is 2.27. The lowest BCUT2D eigenvalue weighted by Crippen LogP contribution is -1.98. The molecule has 1 aromatic rings. The predicted molar refractivity (Wildman–Crippen MR) is 51.3 cm³/mol. The largest absolute Gasteiger partial charge is 0.493 e. The van der Waals surface area contributed by atoms with Crippen molar-refractivity contribution in [2.75, 3.05) is 14.2 Å². The van der Waals surface area contributed by atoms with E-state index in [4.69, 9.17) is 9.47 Å². The van der Waals surface area contributed by atoms with Gasteiger partial charge in [-0.1, -0.05) is 0 Å². The molecule has 0 spiro atoms. The standard InChI is InChI=1S/C10H10FNO3/c1-14-9-4-3-8(11)7(5-12-6-13)10(9)15-2/h3-4H,5H2,1-2H3. The maximum absolute atomic E-state index is 13.4. The van der Waals surface area contributed by atoms with E-state index in [0.29, 0.717) is 5.75 Å². The molecule has 0 saturated heterocycles. The van der Waals surface area contributed by atoms with E-state index in [1.807, 2.05) is 0 Å². The fourth-order valence-electron chi connectivity index (χ4n) is 1.23. The van der Waals surface area contributed by atoms with Gasteiger partial charge in [-0.25, -0.2) is 14.2 Å². The summed E-state index contributed by atoms with van der Waals surface area (Å²) in [6, 6.07) is 2.68. The molecule has 0 radical (unpaired) electrons. The first-order valence-corrected chi connectivity index (χ1v) is 4.17. The molecule has 0 aromatic heterocycles. The highest BCUT2D eigenvalue weighted by molar-refractivity contribution is 5.48. The van der Waals surface area contributed by atoms with E-state index < -0.39 is 5.82 Å². The van der Waals surface area contributed by atoms with E-state index in [0.717, 1.165) is 0 Å². The number of aliphatic imine (C=N–C) groups is 1. The lowest BCUT2D eigenvalue weighted by atomic mass is 10.1. The second-order valence-corrected chi connectivity index (χ2v) is 2.67. The Balaban J connectivity index is 3.24. The Morgan fingerprint density at radius 2 is 2.13 bits per heavy atom. The predicted octanol–water partition coefficient (Wildman–Crippen LogP) is 1.68. The van der Waals surface area contributed by atoms with Crippen LogP contribution in [-0.2, 0) is 11.3 Å². The number of ether oxygens (including phenoxy) is 2. The summed E-state index contributed by atoms with van der Waals surface area (Å²) in [6.45, 7) is -0.115. The van der Waals surface area contributed by atoms with E-state index in [-0.39, 0.29) is 17.9 Å². The van der Waals surface area contributed by atoms with Crippen LogP contribution in [0.4, 0.5) is 4.39 Å². The van der Waals surface area contributed by atoms with Gasteiger partial charge < -0.3 is 9.47 Å². The number of isocyanates is 1. The molecule has 0 bridgehead atoms. The average molecular weight is 211 g/mol. The Morgan fingerprint density at radius 3 is 2.67 bits per heavy atom. The molecule has 0 unspecified atom stereocenters. The van der Waals surface area contributed by atoms with Gasteiger partial charge >= 0.3 is 0 Å². The second-order valence-electron chi connectivity index (χ2n) is 2.67. The highest BCUT2D eigenvalue weighted by Gasteiger charge is 2.14. The first kappa shape index (κ1) is 11.2. The van der Waals surface area contributed by atoms with Crippen LogP contribution in [0.2, 0.25) is 0 Å². The van der Waals surface area contributed by atoms with Gasteiger partial charge in [-0.05, 0) is 12.1 Å². The number of hydrogen-bond donors (Lipinski definition) is 0. The summed E-state index contributed by atoms with van der Waals surface area (Å²) < 4.78 is 23.3. The van der Waals surface area contributed by atoms with Gasteiger partial charge in [0.25, 0.3) is 0 Å². The molecule has 0 aliphatic heterocycles. The number of rotatable bonds is 4. The van der Waals surface area contributed by atoms with Crippen LogP contribution in [0.5, 0.6) is 11.5 Å². The maximum atomic E-state index is 13.4. The smallest absolute Gasteiger partial charge is 0.235 e. The Bertz CT molecular complexity index is 400. The molecule has 0 atom stereocenters. The molecule has 0 N–H and O–H groups in total. The van der Waals surface area contributed by atoms with Crippen LogP contribution >= 0.6 is 0 Å². The number of carbonyl (C=O) groups excluding carboxylic acids is 1. The van der Waals surface area contributed by atoms with Gasteiger partial charge in [0, 0.05) is 0 Å². The Hall–Kier alpha value is -1.87. The lowest BCUT2D eigenvalue weighted by Gasteiger charge is -2.11. The zero-order valence-electron chi connectivity index (χ0n) is 8.41. The summed E-state index contributed by atoms with van der Waals surface area (Å²) in [5.74, 6) is 0.151. The maximum Gasteiger partial charge on any atom is 0.235 e. The Morgan fingerprint density at radius 1 is 1.40 bits per heavy atom. The van der Waals surface area contributed by atoms with Gasteiger partial charge in [0.05, 0.1) is 26.3 Å². The monoisotopic (exact) mass is 211 g/mol. The quantitative estimate of drug-likeness (QED) is 0.562.